The van der Waals surface area contributed by atoms with Crippen LogP contribution in [0, 0.1) is 26.8 Å². The van der Waals surface area contributed by atoms with Crippen LogP contribution in [0.15, 0.2) is 93.7 Å². The summed E-state index contributed by atoms with van der Waals surface area (Å²) in [6, 6.07) is 19.1. The zero-order valence-corrected chi connectivity index (χ0v) is 33.8. The topological polar surface area (TPSA) is 143 Å². The maximum absolute atomic E-state index is 14.4. The average Bonchev–Trinajstić information content (AvgIpc) is 3.75. The minimum atomic E-state index is -0.791. The number of aliphatic imine (C=N–C) groups is 2. The van der Waals surface area contributed by atoms with Crippen LogP contribution in [0.25, 0.3) is 11.1 Å². The fourth-order valence-electron chi connectivity index (χ4n) is 6.94. The van der Waals surface area contributed by atoms with E-state index in [1.165, 1.54) is 18.0 Å². The summed E-state index contributed by atoms with van der Waals surface area (Å²) in [6.07, 6.45) is 4.88. The van der Waals surface area contributed by atoms with Crippen molar-refractivity contribution in [3.8, 4) is 46.2 Å². The molecule has 270 valence electrons. The van der Waals surface area contributed by atoms with Crippen molar-refractivity contribution in [2.24, 2.45) is 26.9 Å². The van der Waals surface area contributed by atoms with Crippen molar-refractivity contribution < 1.29 is 18.6 Å². The summed E-state index contributed by atoms with van der Waals surface area (Å²) in [4.78, 5) is 22.3. The molecule has 4 N–H and O–H groups in total. The summed E-state index contributed by atoms with van der Waals surface area (Å²) in [5, 5.41) is 1.09. The molecule has 54 heavy (non-hydrogen) atoms. The minimum Gasteiger partial charge on any atom is -0.438 e. The van der Waals surface area contributed by atoms with Gasteiger partial charge in [0, 0.05) is 71.5 Å². The predicted octanol–water partition coefficient (Wildman–Crippen LogP) is 7.94. The van der Waals surface area contributed by atoms with Crippen LogP contribution in [0.4, 0.5) is 4.39 Å². The van der Waals surface area contributed by atoms with E-state index >= 15 is 0 Å². The molecule has 0 radical (unpaired) electrons. The van der Waals surface area contributed by atoms with Crippen molar-refractivity contribution in [2.45, 2.75) is 18.0 Å². The quantitative estimate of drug-likeness (QED) is 0.0967. The fraction of sp³-hybridized carbons (Fsp3) is 0.205. The highest BCUT2D eigenvalue weighted by atomic mass is 127. The van der Waals surface area contributed by atoms with Gasteiger partial charge in [0.05, 0.1) is 18.6 Å². The Morgan fingerprint density at radius 3 is 2.09 bits per heavy atom. The van der Waals surface area contributed by atoms with Crippen LogP contribution >= 0.6 is 62.0 Å². The number of halogens is 3. The molecule has 5 aromatic rings. The van der Waals surface area contributed by atoms with Gasteiger partial charge in [0.15, 0.2) is 10.3 Å². The molecule has 2 unspecified atom stereocenters. The second kappa shape index (κ2) is 13.5. The van der Waals surface area contributed by atoms with Gasteiger partial charge >= 0.3 is 0 Å². The number of nitrogens with two attached hydrogens (primary N) is 2. The van der Waals surface area contributed by atoms with E-state index in [4.69, 9.17) is 35.7 Å². The number of ether oxygens (including phenoxy) is 3. The van der Waals surface area contributed by atoms with Gasteiger partial charge in [0.1, 0.15) is 22.6 Å². The molecule has 5 aliphatic heterocycles. The van der Waals surface area contributed by atoms with Crippen molar-refractivity contribution in [3.63, 3.8) is 0 Å². The Morgan fingerprint density at radius 1 is 0.815 bits per heavy atom. The van der Waals surface area contributed by atoms with Crippen molar-refractivity contribution in [2.75, 3.05) is 24.7 Å². The van der Waals surface area contributed by atoms with Gasteiger partial charge in [0.2, 0.25) is 17.7 Å². The molecule has 5 aliphatic rings. The molecule has 15 heteroatoms. The Hall–Kier alpha value is -4.21. The molecule has 0 saturated carbocycles. The standard InChI is InChI=1S/C25H19FN4O2S.C14H9BrIN3OS/c1-24(12-31-13-24)7-6-15-9-19-22(29-11-15)32-20-5-4-16(17-3-2-8-28-21(17)26)10-18(20)25(19)14-33-23(27)30-25;15-7-3-10-12(18-5-7)20-11-2-1-8(16)4-9(11)14(10)6-21-13(17)19-14/h2-5,8-11H,12-14H2,1H3,(H2,27,30);1-5H,6H2,(H2,17,19). The Morgan fingerprint density at radius 2 is 1.46 bits per heavy atom. The van der Waals surface area contributed by atoms with Gasteiger partial charge in [-0.25, -0.2) is 24.9 Å². The van der Waals surface area contributed by atoms with E-state index in [1.54, 1.807) is 36.3 Å². The molecule has 1 fully saturated rings. The number of hydrogen-bond donors (Lipinski definition) is 2. The first-order chi connectivity index (χ1) is 26.0. The highest BCUT2D eigenvalue weighted by Crippen LogP contribution is 2.54. The summed E-state index contributed by atoms with van der Waals surface area (Å²) in [7, 11) is 0. The Labute approximate surface area is 340 Å². The van der Waals surface area contributed by atoms with Crippen molar-refractivity contribution >= 4 is 72.4 Å². The Balaban J connectivity index is 0.000000157. The molecular formula is C39H28BrFIN7O3S2. The third-order valence-corrected chi connectivity index (χ3v) is 12.7. The maximum Gasteiger partial charge on any atom is 0.225 e. The molecule has 2 spiro atoms. The van der Waals surface area contributed by atoms with E-state index in [1.807, 2.05) is 42.5 Å². The number of hydrogen-bond acceptors (Lipinski definition) is 12. The largest absolute Gasteiger partial charge is 0.438 e. The zero-order chi connectivity index (χ0) is 37.2. The highest BCUT2D eigenvalue weighted by molar-refractivity contribution is 14.1. The van der Waals surface area contributed by atoms with E-state index in [2.05, 4.69) is 78.3 Å². The number of pyridine rings is 3. The Kier molecular flexibility index (Phi) is 8.88. The molecule has 0 bridgehead atoms. The summed E-state index contributed by atoms with van der Waals surface area (Å²) < 4.78 is 33.9. The van der Waals surface area contributed by atoms with Crippen molar-refractivity contribution in [3.05, 3.63) is 121 Å². The van der Waals surface area contributed by atoms with Gasteiger partial charge in [-0.3, -0.25) is 0 Å². The first-order valence-corrected chi connectivity index (χ1v) is 20.5. The molecular weight excluding hydrogens is 904 g/mol. The van der Waals surface area contributed by atoms with Crippen LogP contribution in [0.3, 0.4) is 0 Å². The molecule has 8 heterocycles. The second-order valence-corrected chi connectivity index (χ2v) is 17.6. The lowest BCUT2D eigenvalue weighted by Crippen LogP contribution is -2.38. The van der Waals surface area contributed by atoms with E-state index in [-0.39, 0.29) is 5.41 Å². The molecule has 2 aromatic carbocycles. The SMILES string of the molecule is CC1(C#Cc2cnc3c(c2)C2(CSC(N)=N2)c2cc(-c4cccnc4F)ccc2O3)COC1.NC1=NC2(CS1)c1cc(I)ccc1Oc1ncc(Br)cc12. The van der Waals surface area contributed by atoms with Crippen LogP contribution in [-0.4, -0.2) is 50.0 Å². The smallest absolute Gasteiger partial charge is 0.225 e. The van der Waals surface area contributed by atoms with Crippen LogP contribution in [0.1, 0.15) is 34.7 Å². The van der Waals surface area contributed by atoms with Crippen LogP contribution < -0.4 is 20.9 Å². The van der Waals surface area contributed by atoms with Crippen LogP contribution in [0.5, 0.6) is 23.3 Å². The van der Waals surface area contributed by atoms with Gasteiger partial charge in [-0.15, -0.1) is 0 Å². The van der Waals surface area contributed by atoms with Gasteiger partial charge in [0.25, 0.3) is 0 Å². The molecule has 10 nitrogen and oxygen atoms in total. The zero-order valence-electron chi connectivity index (χ0n) is 28.4. The molecule has 0 amide bonds. The fourth-order valence-corrected chi connectivity index (χ4v) is 9.67. The molecule has 0 aliphatic carbocycles. The predicted molar refractivity (Wildman–Crippen MR) is 221 cm³/mol. The average molecular weight is 933 g/mol. The lowest BCUT2D eigenvalue weighted by atomic mass is 9.81. The first kappa shape index (κ1) is 35.5. The molecule has 10 rings (SSSR count). The maximum atomic E-state index is 14.4. The number of benzene rings is 2. The lowest BCUT2D eigenvalue weighted by molar-refractivity contribution is -0.0648. The van der Waals surface area contributed by atoms with E-state index < -0.39 is 17.0 Å². The number of nitrogens with zero attached hydrogens (tertiary/aromatic N) is 5. The number of amidine groups is 2. The molecule has 2 atom stereocenters. The first-order valence-electron chi connectivity index (χ1n) is 16.7. The second-order valence-electron chi connectivity index (χ2n) is 13.5. The summed E-state index contributed by atoms with van der Waals surface area (Å²) in [5.41, 5.74) is 16.2. The normalized spacial score (nSPS) is 22.0. The highest BCUT2D eigenvalue weighted by Gasteiger charge is 2.48. The van der Waals surface area contributed by atoms with Crippen molar-refractivity contribution in [1.29, 1.82) is 0 Å². The summed E-state index contributed by atoms with van der Waals surface area (Å²) >= 11 is 8.83. The number of rotatable bonds is 1. The van der Waals surface area contributed by atoms with E-state index in [0.29, 0.717) is 57.9 Å². The molecule has 3 aromatic heterocycles. The number of fused-ring (bicyclic) bond motifs is 8. The molecule has 1 saturated heterocycles. The number of aromatic nitrogens is 3. The van der Waals surface area contributed by atoms with Crippen LogP contribution in [0.2, 0.25) is 0 Å². The lowest BCUT2D eigenvalue weighted by Gasteiger charge is -2.34. The minimum absolute atomic E-state index is 0.134. The Bertz CT molecular complexity index is 2470. The van der Waals surface area contributed by atoms with Gasteiger partial charge in [-0.2, -0.15) is 4.39 Å². The summed E-state index contributed by atoms with van der Waals surface area (Å²) in [5.74, 6) is 9.86. The van der Waals surface area contributed by atoms with E-state index in [9.17, 15) is 4.39 Å². The summed E-state index contributed by atoms with van der Waals surface area (Å²) in [6.45, 7) is 3.34. The van der Waals surface area contributed by atoms with Crippen molar-refractivity contribution in [1.82, 2.24) is 15.0 Å². The van der Waals surface area contributed by atoms with Crippen LogP contribution in [-0.2, 0) is 15.8 Å². The third-order valence-electron chi connectivity index (χ3n) is 9.67. The van der Waals surface area contributed by atoms with Gasteiger partial charge in [-0.1, -0.05) is 41.4 Å². The monoisotopic (exact) mass is 931 g/mol. The number of thioether (sulfide) groups is 2. The van der Waals surface area contributed by atoms with Gasteiger partial charge < -0.3 is 25.7 Å². The van der Waals surface area contributed by atoms with Gasteiger partial charge in [-0.05, 0) is 106 Å². The third kappa shape index (κ3) is 6.12. The van der Waals surface area contributed by atoms with E-state index in [0.717, 1.165) is 47.4 Å².